The number of rotatable bonds is 11. The van der Waals surface area contributed by atoms with Crippen molar-refractivity contribution in [3.8, 4) is 5.75 Å². The summed E-state index contributed by atoms with van der Waals surface area (Å²) in [5.41, 5.74) is -1.58. The van der Waals surface area contributed by atoms with Crippen LogP contribution in [-0.4, -0.2) is 63.7 Å². The van der Waals surface area contributed by atoms with Gasteiger partial charge in [0.15, 0.2) is 5.75 Å². The Morgan fingerprint density at radius 3 is 2.37 bits per heavy atom. The van der Waals surface area contributed by atoms with Crippen LogP contribution in [0.3, 0.4) is 0 Å². The summed E-state index contributed by atoms with van der Waals surface area (Å²) in [6, 6.07) is 1.15. The molecule has 1 aromatic rings. The van der Waals surface area contributed by atoms with Crippen molar-refractivity contribution in [2.24, 2.45) is 0 Å². The van der Waals surface area contributed by atoms with E-state index in [2.05, 4.69) is 26.0 Å². The maximum atomic E-state index is 13.2. The highest BCUT2D eigenvalue weighted by molar-refractivity contribution is 9.10. The Morgan fingerprint density at radius 1 is 1.17 bits per heavy atom. The minimum atomic E-state index is -5.14. The topological polar surface area (TPSA) is 128 Å². The Kier molecular flexibility index (Phi) is 10.5. The normalized spacial score (nSPS) is 11.9. The van der Waals surface area contributed by atoms with Crippen molar-refractivity contribution in [1.82, 2.24) is 5.32 Å². The number of hydrogen-bond acceptors (Lipinski definition) is 7. The van der Waals surface area contributed by atoms with Crippen molar-refractivity contribution < 1.29 is 49.9 Å². The van der Waals surface area contributed by atoms with Gasteiger partial charge in [-0.3, -0.25) is 9.35 Å². The van der Waals surface area contributed by atoms with Crippen LogP contribution in [0.2, 0.25) is 0 Å². The van der Waals surface area contributed by atoms with E-state index in [9.17, 15) is 35.7 Å². The van der Waals surface area contributed by atoms with Gasteiger partial charge in [0.05, 0.1) is 19.8 Å². The Bertz CT molecular complexity index is 866. The molecule has 0 aliphatic heterocycles. The summed E-state index contributed by atoms with van der Waals surface area (Å²) in [6.45, 7) is -0.648. The van der Waals surface area contributed by atoms with Crippen LogP contribution in [0, 0.1) is 0 Å². The van der Waals surface area contributed by atoms with E-state index < -0.39 is 45.1 Å². The van der Waals surface area contributed by atoms with Gasteiger partial charge in [-0.2, -0.15) is 21.6 Å². The van der Waals surface area contributed by atoms with E-state index in [-0.39, 0.29) is 42.6 Å². The number of esters is 1. The van der Waals surface area contributed by atoms with Crippen LogP contribution in [0.5, 0.6) is 5.75 Å². The summed E-state index contributed by atoms with van der Waals surface area (Å²) in [5.74, 6) is -3.27. The summed E-state index contributed by atoms with van der Waals surface area (Å²) >= 11 is 7.97. The lowest BCUT2D eigenvalue weighted by Crippen LogP contribution is -2.28. The van der Waals surface area contributed by atoms with Gasteiger partial charge in [0.1, 0.15) is 22.9 Å². The van der Waals surface area contributed by atoms with Gasteiger partial charge in [-0.25, -0.2) is 4.79 Å². The summed E-state index contributed by atoms with van der Waals surface area (Å²) in [5, 5.41) is 2.43. The molecule has 1 rings (SSSR count). The number of nitrogens with one attached hydrogen (secondary N) is 1. The molecule has 9 nitrogen and oxygen atoms in total. The van der Waals surface area contributed by atoms with E-state index >= 15 is 0 Å². The zero-order valence-corrected chi connectivity index (χ0v) is 18.2. The fourth-order valence-corrected chi connectivity index (χ4v) is 3.27. The lowest BCUT2D eigenvalue weighted by atomic mass is 10.2. The van der Waals surface area contributed by atoms with Gasteiger partial charge >= 0.3 is 12.1 Å². The third kappa shape index (κ3) is 9.14. The predicted octanol–water partition coefficient (Wildman–Crippen LogP) is 2.01. The fourth-order valence-electron chi connectivity index (χ4n) is 1.90. The van der Waals surface area contributed by atoms with Gasteiger partial charge in [-0.15, -0.1) is 11.6 Å². The van der Waals surface area contributed by atoms with Gasteiger partial charge < -0.3 is 19.5 Å². The number of alkyl halides is 4. The van der Waals surface area contributed by atoms with Crippen LogP contribution in [-0.2, 0) is 35.4 Å². The van der Waals surface area contributed by atoms with Gasteiger partial charge in [0.25, 0.3) is 10.1 Å². The first-order valence-electron chi connectivity index (χ1n) is 7.93. The Hall–Kier alpha value is -1.45. The smallest absolute Gasteiger partial charge is 0.420 e. The van der Waals surface area contributed by atoms with Crippen molar-refractivity contribution >= 4 is 49.5 Å². The van der Waals surface area contributed by atoms with Gasteiger partial charge in [0.2, 0.25) is 5.91 Å². The molecule has 0 unspecified atom stereocenters. The van der Waals surface area contributed by atoms with Crippen molar-refractivity contribution in [2.45, 2.75) is 11.1 Å². The summed E-state index contributed by atoms with van der Waals surface area (Å²) in [7, 11) is -5.14. The van der Waals surface area contributed by atoms with Crippen LogP contribution < -0.4 is 10.1 Å². The quantitative estimate of drug-likeness (QED) is 0.143. The minimum Gasteiger partial charge on any atom is -0.423 e. The number of hydrogen-bond donors (Lipinski definition) is 2. The summed E-state index contributed by atoms with van der Waals surface area (Å²) < 4.78 is 85.8. The Labute approximate surface area is 182 Å². The molecule has 0 aliphatic carbocycles. The van der Waals surface area contributed by atoms with Gasteiger partial charge in [0, 0.05) is 11.0 Å². The van der Waals surface area contributed by atoms with Crippen LogP contribution in [0.4, 0.5) is 13.2 Å². The largest absolute Gasteiger partial charge is 0.423 e. The molecule has 2 N–H and O–H groups in total. The molecule has 0 radical (unpaired) electrons. The molecule has 0 atom stereocenters. The molecule has 0 aromatic heterocycles. The molecule has 30 heavy (non-hydrogen) atoms. The molecular weight excluding hydrogens is 527 g/mol. The number of carbonyl (C=O) groups excluding carboxylic acids is 2. The highest BCUT2D eigenvalue weighted by Crippen LogP contribution is 2.42. The zero-order valence-electron chi connectivity index (χ0n) is 15.0. The maximum absolute atomic E-state index is 13.2. The fraction of sp³-hybridized carbons (Fsp3) is 0.467. The first-order valence-corrected chi connectivity index (χ1v) is 10.7. The third-order valence-corrected chi connectivity index (χ3v) is 4.66. The van der Waals surface area contributed by atoms with E-state index in [1.165, 1.54) is 0 Å². The molecule has 0 bridgehead atoms. The van der Waals surface area contributed by atoms with Crippen molar-refractivity contribution in [2.75, 3.05) is 38.9 Å². The SMILES string of the molecule is O=C(CCl)NCCOCCOCC(=O)Oc1c(C(F)(F)F)cc(Br)cc1S(=O)(=O)O. The minimum absolute atomic E-state index is 0.00756. The van der Waals surface area contributed by atoms with Crippen LogP contribution in [0.15, 0.2) is 21.5 Å². The second-order valence-electron chi connectivity index (χ2n) is 5.38. The average molecular weight is 543 g/mol. The number of benzene rings is 1. The standard InChI is InChI=1S/C15H16BrClF3NO8S/c16-9-5-10(15(18,19)20)14(11(6-9)30(24,25)26)29-13(23)8-28-4-3-27-2-1-21-12(22)7-17/h5-6H,1-4,7-8H2,(H,21,22)(H,24,25,26). The number of halogens is 5. The molecule has 0 fully saturated rings. The molecule has 0 saturated carbocycles. The number of ether oxygens (including phenoxy) is 3. The van der Waals surface area contributed by atoms with Gasteiger partial charge in [-0.1, -0.05) is 15.9 Å². The molecule has 0 aliphatic rings. The molecule has 1 amide bonds. The molecular formula is C15H16BrClF3NO8S. The summed E-state index contributed by atoms with van der Waals surface area (Å²) in [4.78, 5) is 21.4. The third-order valence-electron chi connectivity index (χ3n) is 3.10. The highest BCUT2D eigenvalue weighted by atomic mass is 79.9. The number of amides is 1. The molecule has 0 heterocycles. The second kappa shape index (κ2) is 11.8. The first kappa shape index (κ1) is 26.6. The molecule has 15 heteroatoms. The predicted molar refractivity (Wildman–Crippen MR) is 100.0 cm³/mol. The van der Waals surface area contributed by atoms with Crippen LogP contribution in [0.25, 0.3) is 0 Å². The van der Waals surface area contributed by atoms with E-state index in [0.717, 1.165) is 0 Å². The zero-order chi connectivity index (χ0) is 22.9. The average Bonchev–Trinajstić information content (AvgIpc) is 2.62. The van der Waals surface area contributed by atoms with E-state index in [4.69, 9.17) is 21.1 Å². The van der Waals surface area contributed by atoms with Crippen molar-refractivity contribution in [1.29, 1.82) is 0 Å². The van der Waals surface area contributed by atoms with Crippen LogP contribution >= 0.6 is 27.5 Å². The Morgan fingerprint density at radius 2 is 1.80 bits per heavy atom. The Balaban J connectivity index is 2.66. The molecule has 170 valence electrons. The monoisotopic (exact) mass is 541 g/mol. The van der Waals surface area contributed by atoms with Crippen molar-refractivity contribution in [3.63, 3.8) is 0 Å². The van der Waals surface area contributed by atoms with E-state index in [1.807, 2.05) is 0 Å². The molecule has 0 spiro atoms. The second-order valence-corrected chi connectivity index (χ2v) is 7.95. The van der Waals surface area contributed by atoms with Gasteiger partial charge in [-0.05, 0) is 12.1 Å². The lowest BCUT2D eigenvalue weighted by Gasteiger charge is -2.16. The van der Waals surface area contributed by atoms with E-state index in [0.29, 0.717) is 12.1 Å². The highest BCUT2D eigenvalue weighted by Gasteiger charge is 2.39. The lowest BCUT2D eigenvalue weighted by molar-refractivity contribution is -0.145. The van der Waals surface area contributed by atoms with Crippen molar-refractivity contribution in [3.05, 3.63) is 22.2 Å². The maximum Gasteiger partial charge on any atom is 0.420 e. The number of carbonyl (C=O) groups is 2. The molecule has 1 aromatic carbocycles. The first-order chi connectivity index (χ1) is 13.9. The molecule has 0 saturated heterocycles. The van der Waals surface area contributed by atoms with E-state index in [1.54, 1.807) is 0 Å². The summed E-state index contributed by atoms with van der Waals surface area (Å²) in [6.07, 6.45) is -5.08. The van der Waals surface area contributed by atoms with Crippen LogP contribution in [0.1, 0.15) is 5.56 Å².